The molecule has 1 aromatic carbocycles. The molecule has 1 unspecified atom stereocenters. The number of likely N-dealkylation sites (tertiary alicyclic amines) is 1. The minimum absolute atomic E-state index is 0.0487. The standard InChI is InChI=1S/C14H20FNO3/c15-11-3-1-2-10(6-11)4-5-16-8-14(19)13(18)7-12(16)9-17/h1-3,6,12-14,17-19H,4-5,7-9H2/t12-,13?,14+/m1/s1. The van der Waals surface area contributed by atoms with Crippen LogP contribution in [0.2, 0.25) is 0 Å². The molecule has 106 valence electrons. The molecule has 19 heavy (non-hydrogen) atoms. The van der Waals surface area contributed by atoms with Crippen molar-refractivity contribution in [2.24, 2.45) is 0 Å². The largest absolute Gasteiger partial charge is 0.395 e. The van der Waals surface area contributed by atoms with Gasteiger partial charge in [-0.1, -0.05) is 12.1 Å². The zero-order chi connectivity index (χ0) is 13.8. The maximum Gasteiger partial charge on any atom is 0.123 e. The lowest BCUT2D eigenvalue weighted by molar-refractivity contribution is -0.0703. The molecule has 0 spiro atoms. The first kappa shape index (κ1) is 14.4. The fourth-order valence-corrected chi connectivity index (χ4v) is 2.52. The summed E-state index contributed by atoms with van der Waals surface area (Å²) in [7, 11) is 0. The number of aliphatic hydroxyl groups is 3. The van der Waals surface area contributed by atoms with Crippen LogP contribution in [0.25, 0.3) is 0 Å². The lowest BCUT2D eigenvalue weighted by Crippen LogP contribution is -2.54. The number of rotatable bonds is 4. The van der Waals surface area contributed by atoms with Crippen molar-refractivity contribution >= 4 is 0 Å². The van der Waals surface area contributed by atoms with Crippen molar-refractivity contribution in [3.8, 4) is 0 Å². The van der Waals surface area contributed by atoms with Gasteiger partial charge in [0.25, 0.3) is 0 Å². The highest BCUT2D eigenvalue weighted by atomic mass is 19.1. The van der Waals surface area contributed by atoms with Crippen molar-refractivity contribution in [3.05, 3.63) is 35.6 Å². The number of halogens is 1. The molecule has 0 bridgehead atoms. The fraction of sp³-hybridized carbons (Fsp3) is 0.571. The normalized spacial score (nSPS) is 28.5. The molecule has 3 atom stereocenters. The Kier molecular flexibility index (Phi) is 4.87. The number of hydrogen-bond acceptors (Lipinski definition) is 4. The third kappa shape index (κ3) is 3.73. The second-order valence-electron chi connectivity index (χ2n) is 5.08. The summed E-state index contributed by atoms with van der Waals surface area (Å²) in [5.74, 6) is -0.259. The molecule has 2 rings (SSSR count). The van der Waals surface area contributed by atoms with E-state index in [1.165, 1.54) is 12.1 Å². The van der Waals surface area contributed by atoms with Gasteiger partial charge in [0.2, 0.25) is 0 Å². The summed E-state index contributed by atoms with van der Waals surface area (Å²) < 4.78 is 13.1. The molecular formula is C14H20FNO3. The van der Waals surface area contributed by atoms with Crippen molar-refractivity contribution in [1.82, 2.24) is 4.90 Å². The minimum atomic E-state index is -0.782. The van der Waals surface area contributed by atoms with Gasteiger partial charge in [0.1, 0.15) is 5.82 Å². The van der Waals surface area contributed by atoms with E-state index in [2.05, 4.69) is 0 Å². The van der Waals surface area contributed by atoms with Crippen LogP contribution in [0, 0.1) is 5.82 Å². The number of aliphatic hydroxyl groups excluding tert-OH is 3. The molecule has 0 aliphatic carbocycles. The molecule has 0 amide bonds. The Hall–Kier alpha value is -1.01. The lowest BCUT2D eigenvalue weighted by atomic mass is 9.97. The molecule has 1 aromatic rings. The molecule has 3 N–H and O–H groups in total. The van der Waals surface area contributed by atoms with Gasteiger partial charge in [0.15, 0.2) is 0 Å². The maximum atomic E-state index is 13.1. The first-order valence-corrected chi connectivity index (χ1v) is 6.55. The molecule has 1 saturated heterocycles. The summed E-state index contributed by atoms with van der Waals surface area (Å²) in [5.41, 5.74) is 0.886. The summed E-state index contributed by atoms with van der Waals surface area (Å²) in [6.45, 7) is 0.910. The van der Waals surface area contributed by atoms with Crippen LogP contribution in [0.3, 0.4) is 0 Å². The number of benzene rings is 1. The minimum Gasteiger partial charge on any atom is -0.395 e. The highest BCUT2D eigenvalue weighted by molar-refractivity contribution is 5.16. The molecule has 1 fully saturated rings. The second-order valence-corrected chi connectivity index (χ2v) is 5.08. The van der Waals surface area contributed by atoms with Gasteiger partial charge in [0, 0.05) is 19.1 Å². The van der Waals surface area contributed by atoms with E-state index in [9.17, 15) is 19.7 Å². The van der Waals surface area contributed by atoms with E-state index in [-0.39, 0.29) is 18.5 Å². The van der Waals surface area contributed by atoms with E-state index in [4.69, 9.17) is 0 Å². The van der Waals surface area contributed by atoms with Crippen LogP contribution in [0.4, 0.5) is 4.39 Å². The first-order valence-electron chi connectivity index (χ1n) is 6.55. The Morgan fingerprint density at radius 2 is 2.05 bits per heavy atom. The van der Waals surface area contributed by atoms with Gasteiger partial charge >= 0.3 is 0 Å². The quantitative estimate of drug-likeness (QED) is 0.728. The Morgan fingerprint density at radius 1 is 1.26 bits per heavy atom. The Bertz CT molecular complexity index is 415. The Balaban J connectivity index is 1.93. The van der Waals surface area contributed by atoms with Crippen LogP contribution in [-0.2, 0) is 6.42 Å². The highest BCUT2D eigenvalue weighted by Gasteiger charge is 2.32. The van der Waals surface area contributed by atoms with Crippen molar-refractivity contribution in [1.29, 1.82) is 0 Å². The van der Waals surface area contributed by atoms with Gasteiger partial charge in [-0.3, -0.25) is 4.90 Å². The third-order valence-electron chi connectivity index (χ3n) is 3.68. The van der Waals surface area contributed by atoms with Crippen LogP contribution < -0.4 is 0 Å². The highest BCUT2D eigenvalue weighted by Crippen LogP contribution is 2.18. The second kappa shape index (κ2) is 6.43. The van der Waals surface area contributed by atoms with Gasteiger partial charge in [-0.15, -0.1) is 0 Å². The van der Waals surface area contributed by atoms with E-state index in [0.717, 1.165) is 5.56 Å². The average Bonchev–Trinajstić information content (AvgIpc) is 2.39. The Labute approximate surface area is 112 Å². The Morgan fingerprint density at radius 3 is 2.74 bits per heavy atom. The van der Waals surface area contributed by atoms with E-state index >= 15 is 0 Å². The van der Waals surface area contributed by atoms with E-state index in [0.29, 0.717) is 25.9 Å². The molecule has 0 radical (unpaired) electrons. The van der Waals surface area contributed by atoms with E-state index in [1.807, 2.05) is 11.0 Å². The van der Waals surface area contributed by atoms with Crippen molar-refractivity contribution < 1.29 is 19.7 Å². The maximum absolute atomic E-state index is 13.1. The van der Waals surface area contributed by atoms with E-state index < -0.39 is 12.2 Å². The predicted molar refractivity (Wildman–Crippen MR) is 69.2 cm³/mol. The van der Waals surface area contributed by atoms with Crippen LogP contribution in [0.1, 0.15) is 12.0 Å². The summed E-state index contributed by atoms with van der Waals surface area (Å²) in [6, 6.07) is 6.27. The van der Waals surface area contributed by atoms with Gasteiger partial charge in [-0.2, -0.15) is 0 Å². The van der Waals surface area contributed by atoms with Crippen molar-refractivity contribution in [2.45, 2.75) is 31.1 Å². The fourth-order valence-electron chi connectivity index (χ4n) is 2.52. The molecule has 0 saturated carbocycles. The van der Waals surface area contributed by atoms with Crippen LogP contribution in [-0.4, -0.2) is 58.2 Å². The topological polar surface area (TPSA) is 63.9 Å². The third-order valence-corrected chi connectivity index (χ3v) is 3.68. The number of hydrogen-bond donors (Lipinski definition) is 3. The van der Waals surface area contributed by atoms with Gasteiger partial charge < -0.3 is 15.3 Å². The number of piperidine rings is 1. The molecule has 1 aliphatic heterocycles. The van der Waals surface area contributed by atoms with E-state index in [1.54, 1.807) is 6.07 Å². The number of nitrogens with zero attached hydrogens (tertiary/aromatic N) is 1. The molecule has 4 nitrogen and oxygen atoms in total. The molecule has 1 aliphatic rings. The first-order chi connectivity index (χ1) is 9.10. The molecule has 0 aromatic heterocycles. The van der Waals surface area contributed by atoms with Gasteiger partial charge in [0.05, 0.1) is 18.8 Å². The summed E-state index contributed by atoms with van der Waals surface area (Å²) in [4.78, 5) is 1.95. The summed E-state index contributed by atoms with van der Waals surface area (Å²) >= 11 is 0. The lowest BCUT2D eigenvalue weighted by Gasteiger charge is -2.39. The van der Waals surface area contributed by atoms with Gasteiger partial charge in [-0.25, -0.2) is 4.39 Å². The molecular weight excluding hydrogens is 249 g/mol. The van der Waals surface area contributed by atoms with Crippen LogP contribution in [0.5, 0.6) is 0 Å². The predicted octanol–water partition coefficient (Wildman–Crippen LogP) is 0.157. The van der Waals surface area contributed by atoms with Crippen molar-refractivity contribution in [3.63, 3.8) is 0 Å². The van der Waals surface area contributed by atoms with Crippen molar-refractivity contribution in [2.75, 3.05) is 19.7 Å². The SMILES string of the molecule is OC[C@H]1CC(O)[C@@H](O)CN1CCc1cccc(F)c1. The molecule has 5 heteroatoms. The monoisotopic (exact) mass is 269 g/mol. The number of β-amino-alcohol motifs (C(OH)–C–C–N with tert-alkyl or cyclic N) is 1. The van der Waals surface area contributed by atoms with Crippen LogP contribution >= 0.6 is 0 Å². The zero-order valence-electron chi connectivity index (χ0n) is 10.7. The average molecular weight is 269 g/mol. The summed E-state index contributed by atoms with van der Waals surface area (Å²) in [6.07, 6.45) is -0.546. The molecule has 1 heterocycles. The zero-order valence-corrected chi connectivity index (χ0v) is 10.7. The van der Waals surface area contributed by atoms with Gasteiger partial charge in [-0.05, 0) is 30.5 Å². The summed E-state index contributed by atoms with van der Waals surface area (Å²) in [5, 5.41) is 28.6. The van der Waals surface area contributed by atoms with Crippen LogP contribution in [0.15, 0.2) is 24.3 Å². The smallest absolute Gasteiger partial charge is 0.123 e.